The van der Waals surface area contributed by atoms with Gasteiger partial charge in [0.15, 0.2) is 0 Å². The van der Waals surface area contributed by atoms with Crippen LogP contribution in [0.3, 0.4) is 0 Å². The first-order valence-corrected chi connectivity index (χ1v) is 7.88. The Morgan fingerprint density at radius 3 is 1.88 bits per heavy atom. The Morgan fingerprint density at radius 1 is 0.833 bits per heavy atom. The van der Waals surface area contributed by atoms with Crippen molar-refractivity contribution in [2.45, 2.75) is 46.3 Å². The summed E-state index contributed by atoms with van der Waals surface area (Å²) in [7, 11) is 0. The van der Waals surface area contributed by atoms with Crippen LogP contribution in [0.25, 0.3) is 11.1 Å². The molecule has 0 bridgehead atoms. The van der Waals surface area contributed by atoms with Gasteiger partial charge in [-0.15, -0.1) is 24.8 Å². The molecule has 0 atom stereocenters. The summed E-state index contributed by atoms with van der Waals surface area (Å²) in [6.07, 6.45) is 0. The van der Waals surface area contributed by atoms with Gasteiger partial charge in [-0.25, -0.2) is 0 Å². The summed E-state index contributed by atoms with van der Waals surface area (Å²) < 4.78 is 0. The molecular weight excluding hydrogens is 341 g/mol. The molecule has 0 unspecified atom stereocenters. The number of halogens is 2. The van der Waals surface area contributed by atoms with E-state index in [4.69, 9.17) is 11.5 Å². The fourth-order valence-corrected chi connectivity index (χ4v) is 2.79. The van der Waals surface area contributed by atoms with E-state index < -0.39 is 0 Å². The van der Waals surface area contributed by atoms with Gasteiger partial charge in [0.1, 0.15) is 0 Å². The van der Waals surface area contributed by atoms with E-state index in [2.05, 4.69) is 56.9 Å². The van der Waals surface area contributed by atoms with Gasteiger partial charge in [0, 0.05) is 35.6 Å². The van der Waals surface area contributed by atoms with Crippen molar-refractivity contribution in [3.05, 3.63) is 48.0 Å². The number of anilines is 2. The van der Waals surface area contributed by atoms with Gasteiger partial charge in [0.05, 0.1) is 0 Å². The van der Waals surface area contributed by atoms with E-state index in [1.807, 2.05) is 18.2 Å². The van der Waals surface area contributed by atoms with Gasteiger partial charge in [-0.3, -0.25) is 4.90 Å². The van der Waals surface area contributed by atoms with Crippen molar-refractivity contribution in [3.8, 4) is 11.1 Å². The van der Waals surface area contributed by atoms with Gasteiger partial charge >= 0.3 is 0 Å². The van der Waals surface area contributed by atoms with Gasteiger partial charge in [0.2, 0.25) is 0 Å². The van der Waals surface area contributed by atoms with Crippen molar-refractivity contribution >= 4 is 36.2 Å². The normalized spacial score (nSPS) is 10.6. The minimum atomic E-state index is 0. The lowest BCUT2D eigenvalue weighted by molar-refractivity contribution is 0.166. The van der Waals surface area contributed by atoms with E-state index in [9.17, 15) is 0 Å². The minimum Gasteiger partial charge on any atom is -0.399 e. The van der Waals surface area contributed by atoms with Crippen LogP contribution < -0.4 is 11.5 Å². The number of rotatable bonds is 5. The molecule has 0 radical (unpaired) electrons. The summed E-state index contributed by atoms with van der Waals surface area (Å²) in [4.78, 5) is 2.48. The third kappa shape index (κ3) is 5.59. The average molecular weight is 370 g/mol. The molecule has 0 aliphatic rings. The summed E-state index contributed by atoms with van der Waals surface area (Å²) in [5.41, 5.74) is 16.8. The van der Waals surface area contributed by atoms with Crippen LogP contribution in [0.4, 0.5) is 11.4 Å². The molecule has 2 rings (SSSR count). The minimum absolute atomic E-state index is 0. The Kier molecular flexibility index (Phi) is 9.20. The molecule has 0 aliphatic heterocycles. The first-order chi connectivity index (χ1) is 10.4. The van der Waals surface area contributed by atoms with E-state index in [1.165, 1.54) is 5.56 Å². The Balaban J connectivity index is 0.00000264. The number of nitrogens with zero attached hydrogens (tertiary/aromatic N) is 1. The van der Waals surface area contributed by atoms with Crippen LogP contribution in [0.1, 0.15) is 33.3 Å². The van der Waals surface area contributed by atoms with Crippen LogP contribution in [-0.4, -0.2) is 17.0 Å². The maximum atomic E-state index is 6.06. The second-order valence-corrected chi connectivity index (χ2v) is 6.40. The molecule has 0 aliphatic carbocycles. The number of hydrogen-bond acceptors (Lipinski definition) is 3. The average Bonchev–Trinajstić information content (AvgIpc) is 2.47. The van der Waals surface area contributed by atoms with Crippen molar-refractivity contribution < 1.29 is 0 Å². The fourth-order valence-electron chi connectivity index (χ4n) is 2.79. The van der Waals surface area contributed by atoms with Gasteiger partial charge in [-0.05, 0) is 57.0 Å². The number of hydrogen-bond donors (Lipinski definition) is 2. The molecule has 0 saturated heterocycles. The van der Waals surface area contributed by atoms with Crippen LogP contribution in [0.5, 0.6) is 0 Å². The summed E-state index contributed by atoms with van der Waals surface area (Å²) >= 11 is 0. The van der Waals surface area contributed by atoms with Crippen LogP contribution in [0, 0.1) is 0 Å². The Bertz CT molecular complexity index is 617. The SMILES string of the molecule is CC(C)N(Cc1ccc(-c2cc(N)ccc2N)cc1)C(C)C.Cl.Cl. The molecule has 0 fully saturated rings. The lowest BCUT2D eigenvalue weighted by Gasteiger charge is -2.30. The highest BCUT2D eigenvalue weighted by atomic mass is 35.5. The second-order valence-electron chi connectivity index (χ2n) is 6.40. The van der Waals surface area contributed by atoms with Crippen LogP contribution in [-0.2, 0) is 6.54 Å². The third-order valence-electron chi connectivity index (χ3n) is 4.03. The van der Waals surface area contributed by atoms with Crippen LogP contribution in [0.15, 0.2) is 42.5 Å². The molecule has 5 heteroatoms. The molecule has 0 amide bonds. The molecule has 0 saturated carbocycles. The highest BCUT2D eigenvalue weighted by Gasteiger charge is 2.13. The van der Waals surface area contributed by atoms with Gasteiger partial charge in [-0.1, -0.05) is 24.3 Å². The topological polar surface area (TPSA) is 55.3 Å². The molecule has 4 N–H and O–H groups in total. The maximum absolute atomic E-state index is 6.06. The molecule has 24 heavy (non-hydrogen) atoms. The third-order valence-corrected chi connectivity index (χ3v) is 4.03. The van der Waals surface area contributed by atoms with E-state index in [0.717, 1.165) is 29.0 Å². The Hall–Kier alpha value is -1.42. The van der Waals surface area contributed by atoms with Crippen molar-refractivity contribution in [2.24, 2.45) is 0 Å². The molecule has 0 heterocycles. The zero-order valence-electron chi connectivity index (χ0n) is 14.8. The molecule has 2 aromatic rings. The Labute approximate surface area is 158 Å². The molecule has 0 aromatic heterocycles. The lowest BCUT2D eigenvalue weighted by Crippen LogP contribution is -2.36. The van der Waals surface area contributed by atoms with Crippen molar-refractivity contribution in [1.29, 1.82) is 0 Å². The predicted octanol–water partition coefficient (Wildman–Crippen LogP) is 4.98. The quantitative estimate of drug-likeness (QED) is 0.730. The van der Waals surface area contributed by atoms with E-state index in [-0.39, 0.29) is 24.8 Å². The molecule has 3 nitrogen and oxygen atoms in total. The first kappa shape index (κ1) is 22.6. The first-order valence-electron chi connectivity index (χ1n) is 7.88. The van der Waals surface area contributed by atoms with Gasteiger partial charge in [0.25, 0.3) is 0 Å². The van der Waals surface area contributed by atoms with Crippen molar-refractivity contribution in [3.63, 3.8) is 0 Å². The van der Waals surface area contributed by atoms with Gasteiger partial charge in [-0.2, -0.15) is 0 Å². The highest BCUT2D eigenvalue weighted by molar-refractivity contribution is 5.85. The van der Waals surface area contributed by atoms with Crippen LogP contribution >= 0.6 is 24.8 Å². The second kappa shape index (κ2) is 9.77. The standard InChI is InChI=1S/C19H27N3.2ClH/c1-13(2)22(14(3)4)12-15-5-7-16(8-6-15)18-11-17(20)9-10-19(18)21;;/h5-11,13-14H,12,20-21H2,1-4H3;2*1H. The van der Waals surface area contributed by atoms with Gasteiger partial charge < -0.3 is 11.5 Å². The maximum Gasteiger partial charge on any atom is 0.0395 e. The molecule has 134 valence electrons. The molecule has 2 aromatic carbocycles. The number of nitrogens with two attached hydrogens (primary N) is 2. The largest absolute Gasteiger partial charge is 0.399 e. The van der Waals surface area contributed by atoms with Crippen molar-refractivity contribution in [2.75, 3.05) is 11.5 Å². The van der Waals surface area contributed by atoms with E-state index >= 15 is 0 Å². The van der Waals surface area contributed by atoms with E-state index in [0.29, 0.717) is 12.1 Å². The summed E-state index contributed by atoms with van der Waals surface area (Å²) in [5.74, 6) is 0. The summed E-state index contributed by atoms with van der Waals surface area (Å²) in [6.45, 7) is 9.91. The Morgan fingerprint density at radius 2 is 1.38 bits per heavy atom. The number of benzene rings is 2. The molecular formula is C19H29Cl2N3. The summed E-state index contributed by atoms with van der Waals surface area (Å²) in [5, 5.41) is 0. The smallest absolute Gasteiger partial charge is 0.0395 e. The fraction of sp³-hybridized carbons (Fsp3) is 0.368. The van der Waals surface area contributed by atoms with E-state index in [1.54, 1.807) is 0 Å². The molecule has 0 spiro atoms. The van der Waals surface area contributed by atoms with Crippen LogP contribution in [0.2, 0.25) is 0 Å². The highest BCUT2D eigenvalue weighted by Crippen LogP contribution is 2.28. The summed E-state index contributed by atoms with van der Waals surface area (Å²) in [6, 6.07) is 15.3. The predicted molar refractivity (Wildman–Crippen MR) is 111 cm³/mol. The zero-order chi connectivity index (χ0) is 16.3. The van der Waals surface area contributed by atoms with Crippen molar-refractivity contribution in [1.82, 2.24) is 4.90 Å². The lowest BCUT2D eigenvalue weighted by atomic mass is 10.0. The monoisotopic (exact) mass is 369 g/mol. The zero-order valence-corrected chi connectivity index (χ0v) is 16.5. The number of nitrogen functional groups attached to an aromatic ring is 2.